The highest BCUT2D eigenvalue weighted by Crippen LogP contribution is 2.34. The SMILES string of the molecule is Cc1nn(C2CCN(C)CC2)nc1Nc1ncc(C(F)(F)F)c(NCCCNC(=O)C2COC2)n1. The summed E-state index contributed by atoms with van der Waals surface area (Å²) in [6, 6.07) is 0.170. The molecule has 11 nitrogen and oxygen atoms in total. The molecule has 0 aromatic carbocycles. The zero-order chi connectivity index (χ0) is 25.0. The van der Waals surface area contributed by atoms with Crippen LogP contribution in [0.5, 0.6) is 0 Å². The first-order valence-electron chi connectivity index (χ1n) is 11.6. The quantitative estimate of drug-likeness (QED) is 0.446. The number of likely N-dealkylation sites (tertiary alicyclic amines) is 1. The van der Waals surface area contributed by atoms with Crippen molar-refractivity contribution in [2.75, 3.05) is 57.1 Å². The van der Waals surface area contributed by atoms with E-state index in [-0.39, 0.29) is 36.2 Å². The van der Waals surface area contributed by atoms with Gasteiger partial charge in [0, 0.05) is 19.3 Å². The molecule has 0 radical (unpaired) electrons. The van der Waals surface area contributed by atoms with Crippen LogP contribution in [0.4, 0.5) is 30.8 Å². The zero-order valence-corrected chi connectivity index (χ0v) is 19.7. The molecule has 2 aromatic heterocycles. The van der Waals surface area contributed by atoms with Crippen LogP contribution in [0, 0.1) is 12.8 Å². The Morgan fingerprint density at radius 1 is 1.17 bits per heavy atom. The average molecular weight is 498 g/mol. The molecule has 1 amide bonds. The monoisotopic (exact) mass is 497 g/mol. The molecule has 35 heavy (non-hydrogen) atoms. The first-order valence-corrected chi connectivity index (χ1v) is 11.6. The highest BCUT2D eigenvalue weighted by molar-refractivity contribution is 5.79. The van der Waals surface area contributed by atoms with Crippen molar-refractivity contribution in [3.05, 3.63) is 17.5 Å². The third-order valence-electron chi connectivity index (χ3n) is 6.09. The fraction of sp³-hybridized carbons (Fsp3) is 0.667. The summed E-state index contributed by atoms with van der Waals surface area (Å²) in [7, 11) is 2.07. The van der Waals surface area contributed by atoms with Crippen LogP contribution in [0.15, 0.2) is 6.20 Å². The van der Waals surface area contributed by atoms with Crippen molar-refractivity contribution in [3.63, 3.8) is 0 Å². The van der Waals surface area contributed by atoms with Crippen LogP contribution < -0.4 is 16.0 Å². The van der Waals surface area contributed by atoms with Crippen LogP contribution in [0.1, 0.15) is 36.6 Å². The Morgan fingerprint density at radius 2 is 1.91 bits per heavy atom. The Kier molecular flexibility index (Phi) is 7.69. The molecule has 0 saturated carbocycles. The third-order valence-corrected chi connectivity index (χ3v) is 6.09. The van der Waals surface area contributed by atoms with Gasteiger partial charge in [-0.1, -0.05) is 0 Å². The number of halogens is 3. The summed E-state index contributed by atoms with van der Waals surface area (Å²) in [5, 5.41) is 17.3. The van der Waals surface area contributed by atoms with Gasteiger partial charge in [-0.2, -0.15) is 28.1 Å². The number of alkyl halides is 3. The number of anilines is 3. The van der Waals surface area contributed by atoms with Crippen molar-refractivity contribution in [3.8, 4) is 0 Å². The molecule has 0 spiro atoms. The number of aryl methyl sites for hydroxylation is 1. The van der Waals surface area contributed by atoms with Gasteiger partial charge in [-0.25, -0.2) is 4.98 Å². The smallest absolute Gasteiger partial charge is 0.380 e. The number of piperidine rings is 1. The molecular formula is C21H30F3N9O2. The molecule has 2 aliphatic rings. The molecule has 2 aliphatic heterocycles. The number of aromatic nitrogens is 5. The van der Waals surface area contributed by atoms with E-state index >= 15 is 0 Å². The van der Waals surface area contributed by atoms with E-state index in [0.29, 0.717) is 37.7 Å². The minimum atomic E-state index is -4.62. The topological polar surface area (TPSA) is 122 Å². The molecule has 0 aliphatic carbocycles. The summed E-state index contributed by atoms with van der Waals surface area (Å²) >= 11 is 0. The van der Waals surface area contributed by atoms with E-state index in [1.54, 1.807) is 11.7 Å². The van der Waals surface area contributed by atoms with Crippen molar-refractivity contribution in [2.45, 2.75) is 38.4 Å². The van der Waals surface area contributed by atoms with Crippen molar-refractivity contribution in [1.29, 1.82) is 0 Å². The van der Waals surface area contributed by atoms with Crippen LogP contribution in [0.3, 0.4) is 0 Å². The largest absolute Gasteiger partial charge is 0.421 e. The van der Waals surface area contributed by atoms with Gasteiger partial charge in [-0.3, -0.25) is 4.79 Å². The summed E-state index contributed by atoms with van der Waals surface area (Å²) in [4.78, 5) is 23.6. The maximum absolute atomic E-state index is 13.5. The molecule has 0 unspecified atom stereocenters. The van der Waals surface area contributed by atoms with E-state index in [2.05, 4.69) is 48.1 Å². The van der Waals surface area contributed by atoms with E-state index in [4.69, 9.17) is 4.74 Å². The van der Waals surface area contributed by atoms with Gasteiger partial charge in [0.15, 0.2) is 5.82 Å². The van der Waals surface area contributed by atoms with Gasteiger partial charge >= 0.3 is 6.18 Å². The molecule has 192 valence electrons. The van der Waals surface area contributed by atoms with Crippen molar-refractivity contribution < 1.29 is 22.7 Å². The van der Waals surface area contributed by atoms with Gasteiger partial charge in [0.2, 0.25) is 11.9 Å². The maximum atomic E-state index is 13.5. The van der Waals surface area contributed by atoms with Gasteiger partial charge in [0.1, 0.15) is 17.1 Å². The highest BCUT2D eigenvalue weighted by atomic mass is 19.4. The summed E-state index contributed by atoms with van der Waals surface area (Å²) < 4.78 is 45.4. The molecule has 3 N–H and O–H groups in total. The van der Waals surface area contributed by atoms with E-state index in [1.807, 2.05) is 0 Å². The first-order chi connectivity index (χ1) is 16.7. The molecule has 14 heteroatoms. The predicted molar refractivity (Wildman–Crippen MR) is 121 cm³/mol. The molecule has 4 rings (SSSR count). The fourth-order valence-electron chi connectivity index (χ4n) is 3.83. The number of hydrogen-bond acceptors (Lipinski definition) is 9. The number of carbonyl (C=O) groups is 1. The number of amides is 1. The van der Waals surface area contributed by atoms with Gasteiger partial charge in [-0.15, -0.1) is 5.10 Å². The highest BCUT2D eigenvalue weighted by Gasteiger charge is 2.35. The average Bonchev–Trinajstić information content (AvgIpc) is 3.12. The normalized spacial score (nSPS) is 17.7. The summed E-state index contributed by atoms with van der Waals surface area (Å²) in [6.07, 6.45) is -1.61. The second kappa shape index (κ2) is 10.7. The lowest BCUT2D eigenvalue weighted by Gasteiger charge is -2.28. The maximum Gasteiger partial charge on any atom is 0.421 e. The predicted octanol–water partition coefficient (Wildman–Crippen LogP) is 1.97. The number of nitrogens with one attached hydrogen (secondary N) is 3. The number of hydrogen-bond donors (Lipinski definition) is 3. The van der Waals surface area contributed by atoms with E-state index in [0.717, 1.165) is 32.1 Å². The fourth-order valence-corrected chi connectivity index (χ4v) is 3.83. The standard InChI is InChI=1S/C21H30F3N9O2/c1-13-17(31-33(30-13)15-4-8-32(2)9-5-15)28-20-27-10-16(21(22,23)24)18(29-20)25-6-3-7-26-19(34)14-11-35-12-14/h10,14-15H,3-9,11-12H2,1-2H3,(H,26,34)(H2,25,27,28,29,31). The number of nitrogens with zero attached hydrogens (tertiary/aromatic N) is 6. The van der Waals surface area contributed by atoms with Gasteiger partial charge in [0.25, 0.3) is 0 Å². The lowest BCUT2D eigenvalue weighted by Crippen LogP contribution is -2.42. The van der Waals surface area contributed by atoms with Gasteiger partial charge in [-0.05, 0) is 46.3 Å². The zero-order valence-electron chi connectivity index (χ0n) is 19.7. The second-order valence-electron chi connectivity index (χ2n) is 8.87. The Labute approximate surface area is 200 Å². The molecule has 2 saturated heterocycles. The molecule has 0 bridgehead atoms. The van der Waals surface area contributed by atoms with Crippen LogP contribution in [0.2, 0.25) is 0 Å². The van der Waals surface area contributed by atoms with Gasteiger partial charge < -0.3 is 25.6 Å². The van der Waals surface area contributed by atoms with Crippen molar-refractivity contribution in [2.24, 2.45) is 5.92 Å². The summed E-state index contributed by atoms with van der Waals surface area (Å²) in [6.45, 7) is 4.99. The number of ether oxygens (including phenoxy) is 1. The minimum absolute atomic E-state index is 0.0164. The molecule has 4 heterocycles. The number of rotatable bonds is 9. The van der Waals surface area contributed by atoms with Crippen LogP contribution in [-0.4, -0.2) is 82.2 Å². The first kappa shape index (κ1) is 25.1. The molecule has 2 fully saturated rings. The summed E-state index contributed by atoms with van der Waals surface area (Å²) in [5.74, 6) is -0.204. The molecule has 0 atom stereocenters. The van der Waals surface area contributed by atoms with Gasteiger partial charge in [0.05, 0.1) is 25.2 Å². The Bertz CT molecular complexity index is 1020. The Morgan fingerprint density at radius 3 is 2.57 bits per heavy atom. The third kappa shape index (κ3) is 6.36. The second-order valence-corrected chi connectivity index (χ2v) is 8.87. The lowest BCUT2D eigenvalue weighted by molar-refractivity contribution is -0.139. The summed E-state index contributed by atoms with van der Waals surface area (Å²) in [5.41, 5.74) is -0.361. The van der Waals surface area contributed by atoms with Crippen molar-refractivity contribution >= 4 is 23.5 Å². The lowest BCUT2D eigenvalue weighted by atomic mass is 10.1. The van der Waals surface area contributed by atoms with E-state index < -0.39 is 11.7 Å². The number of carbonyl (C=O) groups excluding carboxylic acids is 1. The molecular weight excluding hydrogens is 467 g/mol. The van der Waals surface area contributed by atoms with Crippen LogP contribution in [0.25, 0.3) is 0 Å². The van der Waals surface area contributed by atoms with Crippen molar-refractivity contribution in [1.82, 2.24) is 35.2 Å². The van der Waals surface area contributed by atoms with E-state index in [9.17, 15) is 18.0 Å². The van der Waals surface area contributed by atoms with E-state index in [1.165, 1.54) is 0 Å². The van der Waals surface area contributed by atoms with Crippen LogP contribution in [-0.2, 0) is 15.7 Å². The molecule has 2 aromatic rings. The Hall–Kier alpha value is -3.00. The Balaban J connectivity index is 1.38. The van der Waals surface area contributed by atoms with Crippen LogP contribution >= 0.6 is 0 Å². The minimum Gasteiger partial charge on any atom is -0.380 e.